The third kappa shape index (κ3) is 1.76. The van der Waals surface area contributed by atoms with Crippen LogP contribution in [0, 0.1) is 12.8 Å². The molecule has 1 saturated carbocycles. The zero-order valence-electron chi connectivity index (χ0n) is 9.41. The van der Waals surface area contributed by atoms with Crippen LogP contribution in [0.15, 0.2) is 6.20 Å². The number of imidazole rings is 1. The average molecular weight is 193 g/mol. The van der Waals surface area contributed by atoms with E-state index in [0.29, 0.717) is 12.1 Å². The predicted octanol–water partition coefficient (Wildman–Crippen LogP) is 2.59. The summed E-state index contributed by atoms with van der Waals surface area (Å²) in [6, 6.07) is 1.13. The zero-order valence-corrected chi connectivity index (χ0v) is 9.41. The smallest absolute Gasteiger partial charge is 0.203 e. The summed E-state index contributed by atoms with van der Waals surface area (Å²) in [5.41, 5.74) is 1.09. The molecule has 1 fully saturated rings. The lowest BCUT2D eigenvalue weighted by Crippen LogP contribution is -2.11. The molecule has 0 aromatic carbocycles. The van der Waals surface area contributed by atoms with Gasteiger partial charge in [-0.25, -0.2) is 4.98 Å². The number of nitrogens with zero attached hydrogens (tertiary/aromatic N) is 2. The van der Waals surface area contributed by atoms with Gasteiger partial charge in [-0.1, -0.05) is 6.92 Å². The van der Waals surface area contributed by atoms with Crippen LogP contribution < -0.4 is 5.32 Å². The molecular formula is C11H19N3. The SMILES string of the molecule is Cc1cn(C(C)C)c(NC2CC2C)n1. The highest BCUT2D eigenvalue weighted by Crippen LogP contribution is 2.32. The molecule has 1 aliphatic carbocycles. The first-order valence-corrected chi connectivity index (χ1v) is 5.40. The third-order valence-corrected chi connectivity index (χ3v) is 2.83. The molecule has 2 atom stereocenters. The Morgan fingerprint density at radius 2 is 2.21 bits per heavy atom. The van der Waals surface area contributed by atoms with Gasteiger partial charge in [0.1, 0.15) is 0 Å². The maximum Gasteiger partial charge on any atom is 0.203 e. The molecule has 2 rings (SSSR count). The minimum absolute atomic E-state index is 0.479. The van der Waals surface area contributed by atoms with Crippen molar-refractivity contribution in [2.45, 2.75) is 46.2 Å². The molecule has 14 heavy (non-hydrogen) atoms. The van der Waals surface area contributed by atoms with E-state index in [2.05, 4.69) is 41.8 Å². The maximum atomic E-state index is 4.50. The lowest BCUT2D eigenvalue weighted by atomic mass is 10.4. The number of hydrogen-bond acceptors (Lipinski definition) is 2. The van der Waals surface area contributed by atoms with Gasteiger partial charge in [0.15, 0.2) is 0 Å². The molecule has 1 N–H and O–H groups in total. The monoisotopic (exact) mass is 193 g/mol. The molecular weight excluding hydrogens is 174 g/mol. The van der Waals surface area contributed by atoms with Crippen LogP contribution in [0.5, 0.6) is 0 Å². The van der Waals surface area contributed by atoms with Crippen LogP contribution in [0.3, 0.4) is 0 Å². The van der Waals surface area contributed by atoms with Crippen molar-refractivity contribution in [2.24, 2.45) is 5.92 Å². The second-order valence-electron chi connectivity index (χ2n) is 4.67. The first-order valence-electron chi connectivity index (χ1n) is 5.40. The Kier molecular flexibility index (Phi) is 2.25. The summed E-state index contributed by atoms with van der Waals surface area (Å²) in [5.74, 6) is 1.85. The average Bonchev–Trinajstić information content (AvgIpc) is 2.60. The Labute approximate surface area is 85.5 Å². The Morgan fingerprint density at radius 3 is 2.71 bits per heavy atom. The Morgan fingerprint density at radius 1 is 1.57 bits per heavy atom. The van der Waals surface area contributed by atoms with Crippen LogP contribution in [-0.2, 0) is 0 Å². The van der Waals surface area contributed by atoms with Gasteiger partial charge < -0.3 is 9.88 Å². The second-order valence-corrected chi connectivity index (χ2v) is 4.67. The summed E-state index contributed by atoms with van der Waals surface area (Å²) >= 11 is 0. The van der Waals surface area contributed by atoms with E-state index in [1.807, 2.05) is 6.92 Å². The quantitative estimate of drug-likeness (QED) is 0.799. The van der Waals surface area contributed by atoms with E-state index in [1.54, 1.807) is 0 Å². The van der Waals surface area contributed by atoms with E-state index in [-0.39, 0.29) is 0 Å². The van der Waals surface area contributed by atoms with E-state index < -0.39 is 0 Å². The van der Waals surface area contributed by atoms with Crippen molar-refractivity contribution in [1.29, 1.82) is 0 Å². The minimum Gasteiger partial charge on any atom is -0.353 e. The van der Waals surface area contributed by atoms with Gasteiger partial charge in [0.05, 0.1) is 5.69 Å². The lowest BCUT2D eigenvalue weighted by molar-refractivity contribution is 0.603. The van der Waals surface area contributed by atoms with Crippen LogP contribution >= 0.6 is 0 Å². The molecule has 3 heteroatoms. The third-order valence-electron chi connectivity index (χ3n) is 2.83. The van der Waals surface area contributed by atoms with Crippen molar-refractivity contribution in [3.8, 4) is 0 Å². The van der Waals surface area contributed by atoms with Crippen LogP contribution in [0.4, 0.5) is 5.95 Å². The minimum atomic E-state index is 0.479. The fraction of sp³-hybridized carbons (Fsp3) is 0.727. The van der Waals surface area contributed by atoms with Gasteiger partial charge in [-0.05, 0) is 33.1 Å². The molecule has 0 amide bonds. The second kappa shape index (κ2) is 3.30. The molecule has 3 nitrogen and oxygen atoms in total. The molecule has 2 unspecified atom stereocenters. The van der Waals surface area contributed by atoms with Gasteiger partial charge in [-0.2, -0.15) is 0 Å². The van der Waals surface area contributed by atoms with E-state index in [4.69, 9.17) is 0 Å². The number of anilines is 1. The Balaban J connectivity index is 2.14. The van der Waals surface area contributed by atoms with Crippen molar-refractivity contribution < 1.29 is 0 Å². The summed E-state index contributed by atoms with van der Waals surface area (Å²) in [4.78, 5) is 4.50. The largest absolute Gasteiger partial charge is 0.353 e. The van der Waals surface area contributed by atoms with Gasteiger partial charge >= 0.3 is 0 Å². The van der Waals surface area contributed by atoms with Crippen molar-refractivity contribution in [1.82, 2.24) is 9.55 Å². The first kappa shape index (κ1) is 9.56. The van der Waals surface area contributed by atoms with E-state index in [1.165, 1.54) is 6.42 Å². The molecule has 0 saturated heterocycles. The van der Waals surface area contributed by atoms with Crippen LogP contribution in [-0.4, -0.2) is 15.6 Å². The lowest BCUT2D eigenvalue weighted by Gasteiger charge is -2.12. The summed E-state index contributed by atoms with van der Waals surface area (Å²) in [5, 5.41) is 3.49. The van der Waals surface area contributed by atoms with Crippen molar-refractivity contribution in [2.75, 3.05) is 5.32 Å². The highest BCUT2D eigenvalue weighted by atomic mass is 15.2. The highest BCUT2D eigenvalue weighted by molar-refractivity contribution is 5.33. The molecule has 0 radical (unpaired) electrons. The summed E-state index contributed by atoms with van der Waals surface area (Å²) in [6.45, 7) is 8.68. The standard InChI is InChI=1S/C11H19N3/c1-7(2)14-6-9(4)12-11(14)13-10-5-8(10)3/h6-8,10H,5H2,1-4H3,(H,12,13). The van der Waals surface area contributed by atoms with E-state index >= 15 is 0 Å². The Hall–Kier alpha value is -0.990. The number of nitrogens with one attached hydrogen (secondary N) is 1. The van der Waals surface area contributed by atoms with Crippen molar-refractivity contribution >= 4 is 5.95 Å². The topological polar surface area (TPSA) is 29.9 Å². The normalized spacial score (nSPS) is 25.5. The predicted molar refractivity (Wildman–Crippen MR) is 58.5 cm³/mol. The first-order chi connectivity index (χ1) is 6.58. The number of hydrogen-bond donors (Lipinski definition) is 1. The molecule has 1 aliphatic rings. The van der Waals surface area contributed by atoms with Crippen molar-refractivity contribution in [3.63, 3.8) is 0 Å². The van der Waals surface area contributed by atoms with E-state index in [9.17, 15) is 0 Å². The Bertz CT molecular complexity index is 327. The molecule has 78 valence electrons. The summed E-state index contributed by atoms with van der Waals surface area (Å²) < 4.78 is 2.21. The molecule has 1 heterocycles. The molecule has 0 spiro atoms. The maximum absolute atomic E-state index is 4.50. The van der Waals surface area contributed by atoms with Crippen LogP contribution in [0.1, 0.15) is 38.9 Å². The fourth-order valence-corrected chi connectivity index (χ4v) is 1.71. The number of rotatable bonds is 3. The molecule has 0 bridgehead atoms. The van der Waals surface area contributed by atoms with Gasteiger partial charge in [-0.3, -0.25) is 0 Å². The van der Waals surface area contributed by atoms with Gasteiger partial charge in [-0.15, -0.1) is 0 Å². The van der Waals surface area contributed by atoms with Gasteiger partial charge in [0.25, 0.3) is 0 Å². The summed E-state index contributed by atoms with van der Waals surface area (Å²) in [6.07, 6.45) is 3.39. The zero-order chi connectivity index (χ0) is 10.3. The van der Waals surface area contributed by atoms with Gasteiger partial charge in [0, 0.05) is 18.3 Å². The summed E-state index contributed by atoms with van der Waals surface area (Å²) in [7, 11) is 0. The molecule has 1 aromatic rings. The van der Waals surface area contributed by atoms with E-state index in [0.717, 1.165) is 17.6 Å². The van der Waals surface area contributed by atoms with Gasteiger partial charge in [0.2, 0.25) is 5.95 Å². The van der Waals surface area contributed by atoms with Crippen molar-refractivity contribution in [3.05, 3.63) is 11.9 Å². The molecule has 1 aromatic heterocycles. The highest BCUT2D eigenvalue weighted by Gasteiger charge is 2.33. The van der Waals surface area contributed by atoms with Crippen LogP contribution in [0.25, 0.3) is 0 Å². The number of aryl methyl sites for hydroxylation is 1. The fourth-order valence-electron chi connectivity index (χ4n) is 1.71. The van der Waals surface area contributed by atoms with Crippen LogP contribution in [0.2, 0.25) is 0 Å². The number of aromatic nitrogens is 2. The molecule has 0 aliphatic heterocycles.